The highest BCUT2D eigenvalue weighted by Gasteiger charge is 2.10. The second kappa shape index (κ2) is 6.53. The Morgan fingerprint density at radius 1 is 1.00 bits per heavy atom. The lowest BCUT2D eigenvalue weighted by Crippen LogP contribution is -1.89. The standard InChI is InChI=1S/C16H15N3O3S/c1-21-12-6-4-11(5-7-12)17-16-19-18-15(23-16)10-3-8-13(20)14(9-10)22-2/h3-9,20H,1-2H3,(H,17,19). The van der Waals surface area contributed by atoms with Crippen molar-refractivity contribution in [3.05, 3.63) is 42.5 Å². The molecular formula is C16H15N3O3S. The fourth-order valence-corrected chi connectivity index (χ4v) is 2.76. The van der Waals surface area contributed by atoms with Crippen molar-refractivity contribution in [1.82, 2.24) is 10.2 Å². The second-order valence-corrected chi connectivity index (χ2v) is 5.63. The van der Waals surface area contributed by atoms with Crippen LogP contribution >= 0.6 is 11.3 Å². The van der Waals surface area contributed by atoms with E-state index in [1.165, 1.54) is 18.4 Å². The molecule has 0 radical (unpaired) electrons. The third kappa shape index (κ3) is 3.35. The maximum Gasteiger partial charge on any atom is 0.210 e. The van der Waals surface area contributed by atoms with E-state index in [9.17, 15) is 5.11 Å². The minimum absolute atomic E-state index is 0.0948. The van der Waals surface area contributed by atoms with E-state index in [1.807, 2.05) is 24.3 Å². The van der Waals surface area contributed by atoms with Crippen molar-refractivity contribution in [2.45, 2.75) is 0 Å². The molecule has 7 heteroatoms. The van der Waals surface area contributed by atoms with E-state index in [2.05, 4.69) is 15.5 Å². The molecule has 1 heterocycles. The zero-order chi connectivity index (χ0) is 16.2. The van der Waals surface area contributed by atoms with E-state index in [1.54, 1.807) is 25.3 Å². The number of phenols is 1. The summed E-state index contributed by atoms with van der Waals surface area (Å²) >= 11 is 1.41. The van der Waals surface area contributed by atoms with Gasteiger partial charge in [-0.25, -0.2) is 0 Å². The van der Waals surface area contributed by atoms with Crippen LogP contribution in [0.2, 0.25) is 0 Å². The smallest absolute Gasteiger partial charge is 0.210 e. The molecule has 0 fully saturated rings. The molecule has 0 amide bonds. The maximum atomic E-state index is 9.64. The van der Waals surface area contributed by atoms with Gasteiger partial charge in [0.15, 0.2) is 11.5 Å². The van der Waals surface area contributed by atoms with Crippen LogP contribution in [0, 0.1) is 0 Å². The Kier molecular flexibility index (Phi) is 4.29. The number of aromatic nitrogens is 2. The predicted octanol–water partition coefficient (Wildman–Crippen LogP) is 3.67. The van der Waals surface area contributed by atoms with Crippen LogP contribution in [0.25, 0.3) is 10.6 Å². The quantitative estimate of drug-likeness (QED) is 0.744. The van der Waals surface area contributed by atoms with Crippen LogP contribution in [0.3, 0.4) is 0 Å². The Hall–Kier alpha value is -2.80. The van der Waals surface area contributed by atoms with Crippen molar-refractivity contribution in [1.29, 1.82) is 0 Å². The van der Waals surface area contributed by atoms with E-state index < -0.39 is 0 Å². The highest BCUT2D eigenvalue weighted by atomic mass is 32.1. The summed E-state index contributed by atoms with van der Waals surface area (Å²) in [5.41, 5.74) is 1.73. The maximum absolute atomic E-state index is 9.64. The van der Waals surface area contributed by atoms with Crippen molar-refractivity contribution >= 4 is 22.2 Å². The number of hydrogen-bond donors (Lipinski definition) is 2. The summed E-state index contributed by atoms with van der Waals surface area (Å²) in [4.78, 5) is 0. The molecule has 0 aliphatic rings. The molecule has 3 aromatic rings. The summed E-state index contributed by atoms with van der Waals surface area (Å²) in [5.74, 6) is 1.30. The fraction of sp³-hybridized carbons (Fsp3) is 0.125. The molecule has 0 atom stereocenters. The minimum atomic E-state index is 0.0948. The van der Waals surface area contributed by atoms with Crippen molar-refractivity contribution in [2.24, 2.45) is 0 Å². The Balaban J connectivity index is 1.79. The third-order valence-corrected chi connectivity index (χ3v) is 4.08. The van der Waals surface area contributed by atoms with Gasteiger partial charge in [-0.1, -0.05) is 11.3 Å². The van der Waals surface area contributed by atoms with Crippen LogP contribution in [-0.4, -0.2) is 29.5 Å². The van der Waals surface area contributed by atoms with E-state index in [0.29, 0.717) is 10.9 Å². The summed E-state index contributed by atoms with van der Waals surface area (Å²) in [6.45, 7) is 0. The molecule has 0 saturated carbocycles. The summed E-state index contributed by atoms with van der Waals surface area (Å²) in [6.07, 6.45) is 0. The SMILES string of the molecule is COc1ccc(Nc2nnc(-c3ccc(O)c(OC)c3)s2)cc1. The number of nitrogens with zero attached hydrogens (tertiary/aromatic N) is 2. The van der Waals surface area contributed by atoms with Gasteiger partial charge in [0, 0.05) is 11.3 Å². The molecule has 2 aromatic carbocycles. The van der Waals surface area contributed by atoms with Crippen LogP contribution in [0.4, 0.5) is 10.8 Å². The number of rotatable bonds is 5. The topological polar surface area (TPSA) is 76.5 Å². The predicted molar refractivity (Wildman–Crippen MR) is 89.8 cm³/mol. The van der Waals surface area contributed by atoms with Gasteiger partial charge in [0.25, 0.3) is 0 Å². The Morgan fingerprint density at radius 3 is 2.48 bits per heavy atom. The lowest BCUT2D eigenvalue weighted by atomic mass is 10.2. The van der Waals surface area contributed by atoms with Crippen molar-refractivity contribution < 1.29 is 14.6 Å². The Morgan fingerprint density at radius 2 is 1.78 bits per heavy atom. The van der Waals surface area contributed by atoms with Crippen molar-refractivity contribution in [3.8, 4) is 27.8 Å². The van der Waals surface area contributed by atoms with Gasteiger partial charge in [-0.3, -0.25) is 0 Å². The van der Waals surface area contributed by atoms with E-state index in [-0.39, 0.29) is 5.75 Å². The summed E-state index contributed by atoms with van der Waals surface area (Å²) in [6, 6.07) is 12.6. The van der Waals surface area contributed by atoms with Crippen LogP contribution in [-0.2, 0) is 0 Å². The molecule has 0 spiro atoms. The van der Waals surface area contributed by atoms with E-state index >= 15 is 0 Å². The number of nitrogens with one attached hydrogen (secondary N) is 1. The fourth-order valence-electron chi connectivity index (χ4n) is 2.00. The van der Waals surface area contributed by atoms with Gasteiger partial charge in [-0.15, -0.1) is 10.2 Å². The highest BCUT2D eigenvalue weighted by Crippen LogP contribution is 2.34. The molecule has 23 heavy (non-hydrogen) atoms. The molecule has 0 bridgehead atoms. The number of phenolic OH excluding ortho intramolecular Hbond substituents is 1. The van der Waals surface area contributed by atoms with Gasteiger partial charge >= 0.3 is 0 Å². The molecule has 3 rings (SSSR count). The molecule has 0 aliphatic carbocycles. The molecule has 0 unspecified atom stereocenters. The van der Waals surface area contributed by atoms with Gasteiger partial charge in [0.2, 0.25) is 5.13 Å². The van der Waals surface area contributed by atoms with Crippen LogP contribution in [0.5, 0.6) is 17.2 Å². The molecule has 0 aliphatic heterocycles. The van der Waals surface area contributed by atoms with Crippen LogP contribution in [0.1, 0.15) is 0 Å². The zero-order valence-electron chi connectivity index (χ0n) is 12.6. The first-order chi connectivity index (χ1) is 11.2. The van der Waals surface area contributed by atoms with Gasteiger partial charge < -0.3 is 19.9 Å². The van der Waals surface area contributed by atoms with E-state index in [0.717, 1.165) is 22.0 Å². The summed E-state index contributed by atoms with van der Waals surface area (Å²) in [5, 5.41) is 22.5. The number of benzene rings is 2. The number of methoxy groups -OCH3 is 2. The van der Waals surface area contributed by atoms with Gasteiger partial charge in [-0.2, -0.15) is 0 Å². The molecule has 1 aromatic heterocycles. The Labute approximate surface area is 137 Å². The Bertz CT molecular complexity index is 803. The summed E-state index contributed by atoms with van der Waals surface area (Å²) < 4.78 is 10.2. The lowest BCUT2D eigenvalue weighted by Gasteiger charge is -2.04. The highest BCUT2D eigenvalue weighted by molar-refractivity contribution is 7.18. The molecule has 0 saturated heterocycles. The number of aromatic hydroxyl groups is 1. The molecule has 6 nitrogen and oxygen atoms in total. The number of ether oxygens (including phenoxy) is 2. The zero-order valence-corrected chi connectivity index (χ0v) is 13.4. The van der Waals surface area contributed by atoms with Gasteiger partial charge in [0.1, 0.15) is 10.8 Å². The molecule has 118 valence electrons. The normalized spacial score (nSPS) is 10.3. The second-order valence-electron chi connectivity index (χ2n) is 4.65. The van der Waals surface area contributed by atoms with Crippen molar-refractivity contribution in [3.63, 3.8) is 0 Å². The first-order valence-electron chi connectivity index (χ1n) is 6.81. The van der Waals surface area contributed by atoms with E-state index in [4.69, 9.17) is 9.47 Å². The third-order valence-electron chi connectivity index (χ3n) is 3.19. The minimum Gasteiger partial charge on any atom is -0.504 e. The van der Waals surface area contributed by atoms with Crippen LogP contribution < -0.4 is 14.8 Å². The summed E-state index contributed by atoms with van der Waals surface area (Å²) in [7, 11) is 3.14. The first-order valence-corrected chi connectivity index (χ1v) is 7.63. The number of hydrogen-bond acceptors (Lipinski definition) is 7. The average molecular weight is 329 g/mol. The van der Waals surface area contributed by atoms with Crippen molar-refractivity contribution in [2.75, 3.05) is 19.5 Å². The molecule has 2 N–H and O–H groups in total. The average Bonchev–Trinajstić information content (AvgIpc) is 3.04. The van der Waals surface area contributed by atoms with Gasteiger partial charge in [-0.05, 0) is 42.5 Å². The largest absolute Gasteiger partial charge is 0.504 e. The van der Waals surface area contributed by atoms with Crippen LogP contribution in [0.15, 0.2) is 42.5 Å². The monoisotopic (exact) mass is 329 g/mol. The molecular weight excluding hydrogens is 314 g/mol. The van der Waals surface area contributed by atoms with Gasteiger partial charge in [0.05, 0.1) is 14.2 Å². The lowest BCUT2D eigenvalue weighted by molar-refractivity contribution is 0.373. The first kappa shape index (κ1) is 15.1. The number of anilines is 2.